The minimum absolute atomic E-state index is 0.364. The third kappa shape index (κ3) is 1.78. The van der Waals surface area contributed by atoms with E-state index >= 15 is 0 Å². The molecular weight excluding hydrogens is 240 g/mol. The zero-order valence-electron chi connectivity index (χ0n) is 10.8. The summed E-state index contributed by atoms with van der Waals surface area (Å²) in [6, 6.07) is 8.65. The maximum Gasteiger partial charge on any atom is 0.0976 e. The van der Waals surface area contributed by atoms with E-state index < -0.39 is 0 Å². The molecule has 0 radical (unpaired) electrons. The van der Waals surface area contributed by atoms with Gasteiger partial charge in [0.25, 0.3) is 0 Å². The normalized spacial score (nSPS) is 19.2. The van der Waals surface area contributed by atoms with Gasteiger partial charge in [-0.25, -0.2) is 4.98 Å². The van der Waals surface area contributed by atoms with Crippen LogP contribution in [0.25, 0.3) is 11.3 Å². The lowest BCUT2D eigenvalue weighted by Crippen LogP contribution is -2.08. The van der Waals surface area contributed by atoms with Crippen molar-refractivity contribution in [2.45, 2.75) is 32.1 Å². The average Bonchev–Trinajstić information content (AvgIpc) is 2.82. The molecule has 1 aromatic carbocycles. The van der Waals surface area contributed by atoms with Gasteiger partial charge in [-0.2, -0.15) is 0 Å². The van der Waals surface area contributed by atoms with E-state index in [4.69, 9.17) is 10.7 Å². The quantitative estimate of drug-likeness (QED) is 0.895. The maximum atomic E-state index is 5.75. The van der Waals surface area contributed by atoms with Crippen molar-refractivity contribution in [1.29, 1.82) is 0 Å². The van der Waals surface area contributed by atoms with Gasteiger partial charge in [-0.1, -0.05) is 38.1 Å². The Morgan fingerprint density at radius 1 is 1.44 bits per heavy atom. The largest absolute Gasteiger partial charge is 0.330 e. The molecule has 94 valence electrons. The van der Waals surface area contributed by atoms with Crippen LogP contribution in [0, 0.1) is 0 Å². The smallest absolute Gasteiger partial charge is 0.0976 e. The number of aromatic nitrogens is 1. The SMILES string of the molecule is CC(CN)c1nc2c(s1)CC(C)c1ccccc1-2. The van der Waals surface area contributed by atoms with Crippen LogP contribution in [0.1, 0.15) is 41.1 Å². The Bertz CT molecular complexity index is 574. The van der Waals surface area contributed by atoms with Gasteiger partial charge in [-0.15, -0.1) is 11.3 Å². The fourth-order valence-corrected chi connectivity index (χ4v) is 3.83. The van der Waals surface area contributed by atoms with Gasteiger partial charge in [0.1, 0.15) is 0 Å². The highest BCUT2D eigenvalue weighted by Crippen LogP contribution is 2.42. The lowest BCUT2D eigenvalue weighted by Gasteiger charge is -2.21. The minimum Gasteiger partial charge on any atom is -0.330 e. The van der Waals surface area contributed by atoms with Gasteiger partial charge < -0.3 is 5.73 Å². The highest BCUT2D eigenvalue weighted by Gasteiger charge is 2.25. The van der Waals surface area contributed by atoms with E-state index in [1.165, 1.54) is 26.7 Å². The fourth-order valence-electron chi connectivity index (χ4n) is 2.56. The molecule has 0 fully saturated rings. The van der Waals surface area contributed by atoms with Crippen molar-refractivity contribution >= 4 is 11.3 Å². The number of rotatable bonds is 2. The van der Waals surface area contributed by atoms with Crippen molar-refractivity contribution in [3.05, 3.63) is 39.7 Å². The van der Waals surface area contributed by atoms with Crippen molar-refractivity contribution in [2.24, 2.45) is 5.73 Å². The first-order valence-corrected chi connectivity index (χ1v) is 7.31. The second-order valence-electron chi connectivity index (χ2n) is 5.15. The number of hydrogen-bond acceptors (Lipinski definition) is 3. The second kappa shape index (κ2) is 4.48. The molecule has 0 amide bonds. The highest BCUT2D eigenvalue weighted by atomic mass is 32.1. The van der Waals surface area contributed by atoms with Crippen molar-refractivity contribution < 1.29 is 0 Å². The molecule has 0 aliphatic heterocycles. The lowest BCUT2D eigenvalue weighted by molar-refractivity contribution is 0.752. The van der Waals surface area contributed by atoms with Crippen LogP contribution >= 0.6 is 11.3 Å². The van der Waals surface area contributed by atoms with Crippen molar-refractivity contribution in [3.63, 3.8) is 0 Å². The molecular formula is C15H18N2S. The van der Waals surface area contributed by atoms with Gasteiger partial charge in [-0.05, 0) is 17.9 Å². The van der Waals surface area contributed by atoms with E-state index in [2.05, 4.69) is 38.1 Å². The molecule has 1 aliphatic rings. The van der Waals surface area contributed by atoms with Crippen molar-refractivity contribution in [3.8, 4) is 11.3 Å². The van der Waals surface area contributed by atoms with Crippen molar-refractivity contribution in [2.75, 3.05) is 6.54 Å². The molecule has 0 bridgehead atoms. The van der Waals surface area contributed by atoms with E-state index in [-0.39, 0.29) is 0 Å². The molecule has 2 unspecified atom stereocenters. The average molecular weight is 258 g/mol. The van der Waals surface area contributed by atoms with Crippen LogP contribution in [-0.4, -0.2) is 11.5 Å². The first-order valence-electron chi connectivity index (χ1n) is 6.49. The molecule has 0 saturated heterocycles. The van der Waals surface area contributed by atoms with E-state index in [1.54, 1.807) is 0 Å². The molecule has 18 heavy (non-hydrogen) atoms. The van der Waals surface area contributed by atoms with Gasteiger partial charge in [0.15, 0.2) is 0 Å². The summed E-state index contributed by atoms with van der Waals surface area (Å²) in [7, 11) is 0. The summed E-state index contributed by atoms with van der Waals surface area (Å²) in [6.07, 6.45) is 1.11. The second-order valence-corrected chi connectivity index (χ2v) is 6.27. The van der Waals surface area contributed by atoms with Crippen LogP contribution in [0.5, 0.6) is 0 Å². The molecule has 3 heteroatoms. The number of hydrogen-bond donors (Lipinski definition) is 1. The predicted molar refractivity (Wildman–Crippen MR) is 77.1 cm³/mol. The Kier molecular flexibility index (Phi) is 2.96. The van der Waals surface area contributed by atoms with E-state index in [0.717, 1.165) is 6.42 Å². The summed E-state index contributed by atoms with van der Waals surface area (Å²) >= 11 is 1.84. The van der Waals surface area contributed by atoms with Crippen LogP contribution in [0.15, 0.2) is 24.3 Å². The summed E-state index contributed by atoms with van der Waals surface area (Å²) in [5.41, 5.74) is 9.70. The van der Waals surface area contributed by atoms with Gasteiger partial charge in [0.05, 0.1) is 10.7 Å². The Morgan fingerprint density at radius 2 is 2.22 bits per heavy atom. The molecule has 2 nitrogen and oxygen atoms in total. The molecule has 2 atom stereocenters. The van der Waals surface area contributed by atoms with E-state index in [1.807, 2.05) is 11.3 Å². The first kappa shape index (κ1) is 11.9. The zero-order chi connectivity index (χ0) is 12.7. The van der Waals surface area contributed by atoms with Gasteiger partial charge in [0.2, 0.25) is 0 Å². The fraction of sp³-hybridized carbons (Fsp3) is 0.400. The summed E-state index contributed by atoms with van der Waals surface area (Å²) in [4.78, 5) is 6.26. The molecule has 2 N–H and O–H groups in total. The summed E-state index contributed by atoms with van der Waals surface area (Å²) in [5.74, 6) is 0.957. The number of thiazole rings is 1. The standard InChI is InChI=1S/C15H18N2S/c1-9-7-13-14(12-6-4-3-5-11(9)12)17-15(18-13)10(2)8-16/h3-6,9-10H,7-8,16H2,1-2H3. The van der Waals surface area contributed by atoms with Gasteiger partial charge >= 0.3 is 0 Å². The molecule has 1 heterocycles. The topological polar surface area (TPSA) is 38.9 Å². The van der Waals surface area contributed by atoms with Crippen LogP contribution in [0.3, 0.4) is 0 Å². The first-order chi connectivity index (χ1) is 8.70. The van der Waals surface area contributed by atoms with E-state index in [9.17, 15) is 0 Å². The number of nitrogens with two attached hydrogens (primary N) is 1. The highest BCUT2D eigenvalue weighted by molar-refractivity contribution is 7.12. The van der Waals surface area contributed by atoms with Crippen LogP contribution < -0.4 is 5.73 Å². The Balaban J connectivity index is 2.13. The van der Waals surface area contributed by atoms with E-state index in [0.29, 0.717) is 18.4 Å². The lowest BCUT2D eigenvalue weighted by atomic mass is 9.86. The zero-order valence-corrected chi connectivity index (χ0v) is 11.6. The van der Waals surface area contributed by atoms with Crippen LogP contribution in [-0.2, 0) is 6.42 Å². The van der Waals surface area contributed by atoms with Crippen LogP contribution in [0.4, 0.5) is 0 Å². The molecule has 0 spiro atoms. The van der Waals surface area contributed by atoms with Crippen LogP contribution in [0.2, 0.25) is 0 Å². The molecule has 1 aromatic heterocycles. The predicted octanol–water partition coefficient (Wildman–Crippen LogP) is 3.53. The number of benzene rings is 1. The maximum absolute atomic E-state index is 5.75. The Morgan fingerprint density at radius 3 is 3.00 bits per heavy atom. The van der Waals surface area contributed by atoms with Gasteiger partial charge in [-0.3, -0.25) is 0 Å². The monoisotopic (exact) mass is 258 g/mol. The summed E-state index contributed by atoms with van der Waals surface area (Å²) in [5, 5.41) is 1.19. The van der Waals surface area contributed by atoms with Crippen molar-refractivity contribution in [1.82, 2.24) is 4.98 Å². The Labute approximate surface area is 112 Å². The number of nitrogens with zero attached hydrogens (tertiary/aromatic N) is 1. The number of fused-ring (bicyclic) bond motifs is 3. The molecule has 1 aliphatic carbocycles. The van der Waals surface area contributed by atoms with Gasteiger partial charge in [0, 0.05) is 22.9 Å². The summed E-state index contributed by atoms with van der Waals surface area (Å²) < 4.78 is 0. The molecule has 3 rings (SSSR count). The Hall–Kier alpha value is -1.19. The molecule has 0 saturated carbocycles. The third-order valence-electron chi connectivity index (χ3n) is 3.73. The third-order valence-corrected chi connectivity index (χ3v) is 5.04. The minimum atomic E-state index is 0.364. The molecule has 2 aromatic rings. The summed E-state index contributed by atoms with van der Waals surface area (Å²) in [6.45, 7) is 5.12.